The van der Waals surface area contributed by atoms with Crippen molar-refractivity contribution in [2.75, 3.05) is 0 Å². The van der Waals surface area contributed by atoms with Gasteiger partial charge < -0.3 is 5.73 Å². The minimum absolute atomic E-state index is 0.258. The van der Waals surface area contributed by atoms with Crippen LogP contribution in [-0.2, 0) is 11.2 Å². The number of pyridine rings is 1. The van der Waals surface area contributed by atoms with Gasteiger partial charge in [-0.15, -0.1) is 0 Å². The van der Waals surface area contributed by atoms with Crippen molar-refractivity contribution in [3.8, 4) is 0 Å². The predicted molar refractivity (Wildman–Crippen MR) is 73.5 cm³/mol. The van der Waals surface area contributed by atoms with E-state index in [0.29, 0.717) is 12.8 Å². The average Bonchev–Trinajstić information content (AvgIpc) is 2.28. The van der Waals surface area contributed by atoms with E-state index < -0.39 is 0 Å². The highest BCUT2D eigenvalue weighted by Gasteiger charge is 2.06. The summed E-state index contributed by atoms with van der Waals surface area (Å²) in [6.07, 6.45) is 1.09. The Hall–Kier alpha value is -1.90. The second-order valence-corrected chi connectivity index (χ2v) is 4.86. The lowest BCUT2D eigenvalue weighted by Crippen LogP contribution is -2.11. The third-order valence-electron chi connectivity index (χ3n) is 3.16. The van der Waals surface area contributed by atoms with Crippen molar-refractivity contribution in [3.05, 3.63) is 40.6 Å². The van der Waals surface area contributed by atoms with Gasteiger partial charge in [-0.05, 0) is 56.0 Å². The van der Waals surface area contributed by atoms with Crippen LogP contribution in [0.4, 0.5) is 0 Å². The summed E-state index contributed by atoms with van der Waals surface area (Å²) in [5, 5.41) is 1.17. The molecule has 0 atom stereocenters. The molecule has 1 amide bonds. The number of aromatic nitrogens is 1. The first-order valence-corrected chi connectivity index (χ1v) is 6.13. The number of benzene rings is 1. The standard InChI is InChI=1S/C15H18N2O/c1-9-6-11(3)17-15-10(2)7-12(8-13(9)15)4-5-14(16)18/h6-8H,4-5H2,1-3H3,(H2,16,18). The zero-order chi connectivity index (χ0) is 13.3. The smallest absolute Gasteiger partial charge is 0.217 e. The summed E-state index contributed by atoms with van der Waals surface area (Å²) in [5.74, 6) is -0.258. The van der Waals surface area contributed by atoms with Crippen LogP contribution in [0.3, 0.4) is 0 Å². The molecule has 0 saturated carbocycles. The zero-order valence-electron chi connectivity index (χ0n) is 11.1. The highest BCUT2D eigenvalue weighted by Crippen LogP contribution is 2.23. The largest absolute Gasteiger partial charge is 0.370 e. The molecule has 0 bridgehead atoms. The van der Waals surface area contributed by atoms with Crippen molar-refractivity contribution >= 4 is 16.8 Å². The molecule has 1 aromatic heterocycles. The molecule has 0 fully saturated rings. The van der Waals surface area contributed by atoms with Gasteiger partial charge in [0, 0.05) is 17.5 Å². The van der Waals surface area contributed by atoms with Crippen LogP contribution in [0.2, 0.25) is 0 Å². The number of carbonyl (C=O) groups excluding carboxylic acids is 1. The van der Waals surface area contributed by atoms with Crippen LogP contribution in [0.5, 0.6) is 0 Å². The Bertz CT molecular complexity index is 617. The van der Waals surface area contributed by atoms with Gasteiger partial charge >= 0.3 is 0 Å². The average molecular weight is 242 g/mol. The quantitative estimate of drug-likeness (QED) is 0.899. The Balaban J connectivity index is 2.51. The number of aryl methyl sites for hydroxylation is 4. The number of amides is 1. The van der Waals surface area contributed by atoms with Crippen molar-refractivity contribution in [1.29, 1.82) is 0 Å². The normalized spacial score (nSPS) is 10.8. The molecule has 0 aliphatic carbocycles. The molecule has 0 aliphatic heterocycles. The summed E-state index contributed by atoms with van der Waals surface area (Å²) in [5.41, 5.74) is 10.8. The van der Waals surface area contributed by atoms with Gasteiger partial charge in [-0.1, -0.05) is 6.07 Å². The summed E-state index contributed by atoms with van der Waals surface area (Å²) in [6.45, 7) is 6.16. The summed E-state index contributed by atoms with van der Waals surface area (Å²) < 4.78 is 0. The fourth-order valence-electron chi connectivity index (χ4n) is 2.31. The van der Waals surface area contributed by atoms with Crippen LogP contribution in [0.15, 0.2) is 18.2 Å². The van der Waals surface area contributed by atoms with Crippen LogP contribution in [-0.4, -0.2) is 10.9 Å². The lowest BCUT2D eigenvalue weighted by Gasteiger charge is -2.09. The van der Waals surface area contributed by atoms with Gasteiger partial charge in [0.15, 0.2) is 0 Å². The fraction of sp³-hybridized carbons (Fsp3) is 0.333. The number of carbonyl (C=O) groups is 1. The minimum Gasteiger partial charge on any atom is -0.370 e. The van der Waals surface area contributed by atoms with Gasteiger partial charge in [0.1, 0.15) is 0 Å². The topological polar surface area (TPSA) is 56.0 Å². The van der Waals surface area contributed by atoms with E-state index in [1.807, 2.05) is 6.92 Å². The number of nitrogens with zero attached hydrogens (tertiary/aromatic N) is 1. The van der Waals surface area contributed by atoms with Crippen molar-refractivity contribution in [2.45, 2.75) is 33.6 Å². The Morgan fingerprint density at radius 1 is 1.17 bits per heavy atom. The Labute approximate surface area is 107 Å². The first kappa shape index (κ1) is 12.6. The van der Waals surface area contributed by atoms with Crippen molar-refractivity contribution in [1.82, 2.24) is 4.98 Å². The van der Waals surface area contributed by atoms with Crippen molar-refractivity contribution in [3.63, 3.8) is 0 Å². The maximum Gasteiger partial charge on any atom is 0.217 e. The molecule has 0 radical (unpaired) electrons. The SMILES string of the molecule is Cc1cc(C)c2cc(CCC(N)=O)cc(C)c2n1. The molecule has 2 N–H and O–H groups in total. The van der Waals surface area contributed by atoms with Crippen LogP contribution >= 0.6 is 0 Å². The second kappa shape index (κ2) is 4.77. The molecule has 3 nitrogen and oxygen atoms in total. The van der Waals surface area contributed by atoms with Gasteiger partial charge in [0.05, 0.1) is 5.52 Å². The van der Waals surface area contributed by atoms with E-state index >= 15 is 0 Å². The molecular weight excluding hydrogens is 224 g/mol. The molecule has 0 saturated heterocycles. The van der Waals surface area contributed by atoms with Crippen molar-refractivity contribution < 1.29 is 4.79 Å². The number of hydrogen-bond donors (Lipinski definition) is 1. The zero-order valence-corrected chi connectivity index (χ0v) is 11.1. The fourth-order valence-corrected chi connectivity index (χ4v) is 2.31. The Morgan fingerprint density at radius 3 is 2.56 bits per heavy atom. The van der Waals surface area contributed by atoms with E-state index in [1.54, 1.807) is 0 Å². The minimum atomic E-state index is -0.258. The third-order valence-corrected chi connectivity index (χ3v) is 3.16. The lowest BCUT2D eigenvalue weighted by atomic mass is 9.99. The summed E-state index contributed by atoms with van der Waals surface area (Å²) in [4.78, 5) is 15.4. The Kier molecular flexibility index (Phi) is 3.32. The monoisotopic (exact) mass is 242 g/mol. The van der Waals surface area contributed by atoms with Crippen LogP contribution in [0.1, 0.15) is 28.8 Å². The van der Waals surface area contributed by atoms with Gasteiger partial charge in [0.25, 0.3) is 0 Å². The molecule has 3 heteroatoms. The lowest BCUT2D eigenvalue weighted by molar-refractivity contribution is -0.117. The first-order valence-electron chi connectivity index (χ1n) is 6.13. The summed E-state index contributed by atoms with van der Waals surface area (Å²) >= 11 is 0. The van der Waals surface area contributed by atoms with E-state index in [9.17, 15) is 4.79 Å². The molecule has 1 aromatic carbocycles. The molecule has 0 unspecified atom stereocenters. The highest BCUT2D eigenvalue weighted by atomic mass is 16.1. The predicted octanol–water partition coefficient (Wildman–Crippen LogP) is 2.58. The molecule has 94 valence electrons. The van der Waals surface area contributed by atoms with Crippen LogP contribution in [0.25, 0.3) is 10.9 Å². The molecule has 2 aromatic rings. The number of rotatable bonds is 3. The molecule has 0 spiro atoms. The molecular formula is C15H18N2O. The van der Waals surface area contributed by atoms with Gasteiger partial charge in [0.2, 0.25) is 5.91 Å². The number of fused-ring (bicyclic) bond motifs is 1. The Morgan fingerprint density at radius 2 is 1.89 bits per heavy atom. The van der Waals surface area contributed by atoms with E-state index in [4.69, 9.17) is 5.73 Å². The van der Waals surface area contributed by atoms with E-state index in [0.717, 1.165) is 22.3 Å². The van der Waals surface area contributed by atoms with E-state index in [2.05, 4.69) is 37.0 Å². The van der Waals surface area contributed by atoms with Crippen LogP contribution < -0.4 is 5.73 Å². The molecule has 0 aliphatic rings. The maximum atomic E-state index is 10.8. The van der Waals surface area contributed by atoms with E-state index in [1.165, 1.54) is 10.9 Å². The van der Waals surface area contributed by atoms with Gasteiger partial charge in [-0.2, -0.15) is 0 Å². The van der Waals surface area contributed by atoms with Gasteiger partial charge in [-0.25, -0.2) is 0 Å². The second-order valence-electron chi connectivity index (χ2n) is 4.86. The highest BCUT2D eigenvalue weighted by molar-refractivity contribution is 5.86. The number of primary amides is 1. The number of nitrogens with two attached hydrogens (primary N) is 1. The summed E-state index contributed by atoms with van der Waals surface area (Å²) in [7, 11) is 0. The molecule has 2 rings (SSSR count). The number of hydrogen-bond acceptors (Lipinski definition) is 2. The molecule has 18 heavy (non-hydrogen) atoms. The van der Waals surface area contributed by atoms with Crippen LogP contribution in [0, 0.1) is 20.8 Å². The summed E-state index contributed by atoms with van der Waals surface area (Å²) in [6, 6.07) is 6.30. The van der Waals surface area contributed by atoms with E-state index in [-0.39, 0.29) is 5.91 Å². The molecule has 1 heterocycles. The third kappa shape index (κ3) is 2.50. The van der Waals surface area contributed by atoms with Gasteiger partial charge in [-0.3, -0.25) is 9.78 Å². The maximum absolute atomic E-state index is 10.8. The van der Waals surface area contributed by atoms with Crippen molar-refractivity contribution in [2.24, 2.45) is 5.73 Å². The first-order chi connectivity index (χ1) is 8.47.